The molecule has 1 aliphatic heterocycles. The van der Waals surface area contributed by atoms with E-state index in [2.05, 4.69) is 10.6 Å². The predicted octanol–water partition coefficient (Wildman–Crippen LogP) is 2.76. The van der Waals surface area contributed by atoms with Crippen LogP contribution in [0.1, 0.15) is 37.3 Å². The molecule has 3 rings (SSSR count). The monoisotopic (exact) mass is 292 g/mol. The van der Waals surface area contributed by atoms with Gasteiger partial charge in [0.1, 0.15) is 5.82 Å². The Morgan fingerprint density at radius 1 is 1.29 bits per heavy atom. The van der Waals surface area contributed by atoms with Crippen LogP contribution in [-0.4, -0.2) is 25.3 Å². The topological polar surface area (TPSA) is 50.4 Å². The molecule has 4 nitrogen and oxygen atoms in total. The summed E-state index contributed by atoms with van der Waals surface area (Å²) in [7, 11) is 0. The Bertz CT molecular complexity index is 482. The molecule has 114 valence electrons. The average molecular weight is 292 g/mol. The standard InChI is InChI=1S/C16H21FN2O2/c17-13-7-5-12(6-8-13)15(14-2-1-9-21-14)19-16(20)18-10-11-3-4-11/h5-8,11,14-15H,1-4,9-10H2,(H2,18,19,20)/t14-,15-/m1/s1. The number of nitrogens with one attached hydrogen (secondary N) is 2. The van der Waals surface area contributed by atoms with Crippen molar-refractivity contribution in [2.75, 3.05) is 13.2 Å². The first-order valence-electron chi connectivity index (χ1n) is 7.64. The van der Waals surface area contributed by atoms with Gasteiger partial charge in [-0.2, -0.15) is 0 Å². The summed E-state index contributed by atoms with van der Waals surface area (Å²) in [6.07, 6.45) is 4.27. The van der Waals surface area contributed by atoms with E-state index >= 15 is 0 Å². The molecule has 1 aromatic carbocycles. The van der Waals surface area contributed by atoms with Crippen molar-refractivity contribution in [1.82, 2.24) is 10.6 Å². The Hall–Kier alpha value is -1.62. The molecule has 0 spiro atoms. The van der Waals surface area contributed by atoms with Gasteiger partial charge in [-0.05, 0) is 49.3 Å². The lowest BCUT2D eigenvalue weighted by atomic mass is 9.99. The second-order valence-electron chi connectivity index (χ2n) is 5.88. The molecule has 1 heterocycles. The van der Waals surface area contributed by atoms with Crippen LogP contribution in [0.3, 0.4) is 0 Å². The summed E-state index contributed by atoms with van der Waals surface area (Å²) in [5, 5.41) is 5.88. The smallest absolute Gasteiger partial charge is 0.315 e. The lowest BCUT2D eigenvalue weighted by molar-refractivity contribution is 0.0807. The quantitative estimate of drug-likeness (QED) is 0.876. The van der Waals surface area contributed by atoms with Crippen molar-refractivity contribution >= 4 is 6.03 Å². The molecule has 0 radical (unpaired) electrons. The van der Waals surface area contributed by atoms with Gasteiger partial charge in [-0.15, -0.1) is 0 Å². The summed E-state index contributed by atoms with van der Waals surface area (Å²) in [5.41, 5.74) is 0.880. The number of amides is 2. The fourth-order valence-electron chi connectivity index (χ4n) is 2.68. The van der Waals surface area contributed by atoms with Gasteiger partial charge in [0, 0.05) is 13.2 Å². The van der Waals surface area contributed by atoms with Crippen LogP contribution >= 0.6 is 0 Å². The van der Waals surface area contributed by atoms with E-state index in [9.17, 15) is 9.18 Å². The Morgan fingerprint density at radius 2 is 2.05 bits per heavy atom. The van der Waals surface area contributed by atoms with E-state index in [1.807, 2.05) is 0 Å². The van der Waals surface area contributed by atoms with Crippen LogP contribution in [0, 0.1) is 11.7 Å². The molecule has 2 fully saturated rings. The highest BCUT2D eigenvalue weighted by atomic mass is 19.1. The molecule has 1 aromatic rings. The van der Waals surface area contributed by atoms with Crippen LogP contribution in [0.15, 0.2) is 24.3 Å². The highest BCUT2D eigenvalue weighted by Crippen LogP contribution is 2.28. The minimum atomic E-state index is -0.275. The Labute approximate surface area is 124 Å². The van der Waals surface area contributed by atoms with E-state index in [1.165, 1.54) is 25.0 Å². The molecule has 0 unspecified atom stereocenters. The lowest BCUT2D eigenvalue weighted by Crippen LogP contribution is -2.42. The third-order valence-electron chi connectivity index (χ3n) is 4.10. The summed E-state index contributed by atoms with van der Waals surface area (Å²) in [6, 6.07) is 5.85. The van der Waals surface area contributed by atoms with Crippen molar-refractivity contribution in [3.05, 3.63) is 35.6 Å². The first-order chi connectivity index (χ1) is 10.2. The molecule has 0 bridgehead atoms. The second-order valence-corrected chi connectivity index (χ2v) is 5.88. The van der Waals surface area contributed by atoms with Crippen LogP contribution in [-0.2, 0) is 4.74 Å². The molecular weight excluding hydrogens is 271 g/mol. The van der Waals surface area contributed by atoms with Crippen LogP contribution in [0.2, 0.25) is 0 Å². The van der Waals surface area contributed by atoms with Gasteiger partial charge >= 0.3 is 6.03 Å². The van der Waals surface area contributed by atoms with Crippen LogP contribution < -0.4 is 10.6 Å². The van der Waals surface area contributed by atoms with Gasteiger partial charge in [0.2, 0.25) is 0 Å². The number of benzene rings is 1. The number of carbonyl (C=O) groups is 1. The van der Waals surface area contributed by atoms with Gasteiger partial charge < -0.3 is 15.4 Å². The van der Waals surface area contributed by atoms with Crippen molar-refractivity contribution in [1.29, 1.82) is 0 Å². The minimum Gasteiger partial charge on any atom is -0.376 e. The zero-order valence-corrected chi connectivity index (χ0v) is 12.0. The molecule has 0 aromatic heterocycles. The molecule has 1 aliphatic carbocycles. The Balaban J connectivity index is 1.65. The molecule has 2 aliphatic rings. The van der Waals surface area contributed by atoms with Crippen molar-refractivity contribution in [2.45, 2.75) is 37.8 Å². The molecule has 21 heavy (non-hydrogen) atoms. The minimum absolute atomic E-state index is 0.0397. The predicted molar refractivity (Wildman–Crippen MR) is 77.4 cm³/mol. The first-order valence-corrected chi connectivity index (χ1v) is 7.64. The van der Waals surface area contributed by atoms with Crippen molar-refractivity contribution < 1.29 is 13.9 Å². The Morgan fingerprint density at radius 3 is 2.67 bits per heavy atom. The zero-order chi connectivity index (χ0) is 14.7. The van der Waals surface area contributed by atoms with Gasteiger partial charge in [-0.1, -0.05) is 12.1 Å². The fraction of sp³-hybridized carbons (Fsp3) is 0.562. The maximum atomic E-state index is 13.1. The third-order valence-corrected chi connectivity index (χ3v) is 4.10. The molecule has 2 atom stereocenters. The molecule has 5 heteroatoms. The van der Waals surface area contributed by atoms with E-state index < -0.39 is 0 Å². The summed E-state index contributed by atoms with van der Waals surface area (Å²) >= 11 is 0. The molecule has 2 N–H and O–H groups in total. The normalized spacial score (nSPS) is 22.8. The second kappa shape index (κ2) is 6.43. The fourth-order valence-corrected chi connectivity index (χ4v) is 2.68. The first kappa shape index (κ1) is 14.3. The van der Waals surface area contributed by atoms with Gasteiger partial charge in [0.25, 0.3) is 0 Å². The van der Waals surface area contributed by atoms with Crippen LogP contribution in [0.5, 0.6) is 0 Å². The summed E-state index contributed by atoms with van der Waals surface area (Å²) in [5.74, 6) is 0.366. The van der Waals surface area contributed by atoms with Gasteiger partial charge in [-0.3, -0.25) is 0 Å². The summed E-state index contributed by atoms with van der Waals surface area (Å²) < 4.78 is 18.8. The largest absolute Gasteiger partial charge is 0.376 e. The van der Waals surface area contributed by atoms with Gasteiger partial charge in [-0.25, -0.2) is 9.18 Å². The number of hydrogen-bond donors (Lipinski definition) is 2. The van der Waals surface area contributed by atoms with E-state index in [0.717, 1.165) is 24.9 Å². The average Bonchev–Trinajstić information content (AvgIpc) is 3.16. The number of urea groups is 1. The highest BCUT2D eigenvalue weighted by Gasteiger charge is 2.29. The van der Waals surface area contributed by atoms with E-state index in [-0.39, 0.29) is 24.0 Å². The molecule has 2 amide bonds. The van der Waals surface area contributed by atoms with Crippen molar-refractivity contribution in [2.24, 2.45) is 5.92 Å². The number of halogens is 1. The van der Waals surface area contributed by atoms with E-state index in [4.69, 9.17) is 4.74 Å². The number of rotatable bonds is 5. The lowest BCUT2D eigenvalue weighted by Gasteiger charge is -2.25. The van der Waals surface area contributed by atoms with E-state index in [1.54, 1.807) is 12.1 Å². The van der Waals surface area contributed by atoms with Crippen LogP contribution in [0.4, 0.5) is 9.18 Å². The molecule has 1 saturated carbocycles. The van der Waals surface area contributed by atoms with Gasteiger partial charge in [0.05, 0.1) is 12.1 Å². The summed E-state index contributed by atoms with van der Waals surface area (Å²) in [4.78, 5) is 12.0. The number of carbonyl (C=O) groups excluding carboxylic acids is 1. The van der Waals surface area contributed by atoms with Crippen LogP contribution in [0.25, 0.3) is 0 Å². The van der Waals surface area contributed by atoms with Crippen molar-refractivity contribution in [3.8, 4) is 0 Å². The van der Waals surface area contributed by atoms with E-state index in [0.29, 0.717) is 12.5 Å². The SMILES string of the molecule is O=C(NCC1CC1)N[C@H](c1ccc(F)cc1)[C@H]1CCCO1. The maximum Gasteiger partial charge on any atom is 0.315 e. The molecule has 1 saturated heterocycles. The molecular formula is C16H21FN2O2. The third kappa shape index (κ3) is 3.94. The Kier molecular flexibility index (Phi) is 4.39. The number of ether oxygens (including phenoxy) is 1. The zero-order valence-electron chi connectivity index (χ0n) is 12.0. The maximum absolute atomic E-state index is 13.1. The van der Waals surface area contributed by atoms with Gasteiger partial charge in [0.15, 0.2) is 0 Å². The highest BCUT2D eigenvalue weighted by molar-refractivity contribution is 5.74. The van der Waals surface area contributed by atoms with Crippen molar-refractivity contribution in [3.63, 3.8) is 0 Å². The summed E-state index contributed by atoms with van der Waals surface area (Å²) in [6.45, 7) is 1.45. The number of hydrogen-bond acceptors (Lipinski definition) is 2.